The van der Waals surface area contributed by atoms with Gasteiger partial charge in [-0.05, 0) is 97.4 Å². The van der Waals surface area contributed by atoms with Gasteiger partial charge in [-0.2, -0.15) is 0 Å². The van der Waals surface area contributed by atoms with E-state index in [1.807, 2.05) is 96.4 Å². The number of aromatic nitrogens is 2. The Bertz CT molecular complexity index is 2070. The van der Waals surface area contributed by atoms with Gasteiger partial charge in [-0.1, -0.05) is 30.0 Å². The number of nitrogens with zero attached hydrogens (tertiary/aromatic N) is 3. The maximum absolute atomic E-state index is 13.2. The second-order valence-corrected chi connectivity index (χ2v) is 11.6. The molecule has 9 heteroatoms. The minimum Gasteiger partial charge on any atom is -0.508 e. The van der Waals surface area contributed by atoms with Crippen molar-refractivity contribution in [2.45, 2.75) is 16.7 Å². The van der Waals surface area contributed by atoms with Crippen LogP contribution >= 0.6 is 11.8 Å². The largest absolute Gasteiger partial charge is 0.508 e. The monoisotopic (exact) mass is 597 g/mol. The van der Waals surface area contributed by atoms with E-state index in [1.165, 1.54) is 11.8 Å². The van der Waals surface area contributed by atoms with Crippen LogP contribution in [0.3, 0.4) is 0 Å². The number of benzene rings is 4. The van der Waals surface area contributed by atoms with E-state index in [-0.39, 0.29) is 17.6 Å². The van der Waals surface area contributed by atoms with E-state index in [1.54, 1.807) is 36.2 Å². The summed E-state index contributed by atoms with van der Waals surface area (Å²) in [5, 5.41) is 16.3. The number of pyridine rings is 1. The van der Waals surface area contributed by atoms with Crippen molar-refractivity contribution in [3.8, 4) is 17.0 Å². The Morgan fingerprint density at radius 1 is 0.864 bits per heavy atom. The number of phenolic OH excluding ortho intramolecular Hbond substituents is 1. The smallest absolute Gasteiger partial charge is 0.259 e. The van der Waals surface area contributed by atoms with Crippen molar-refractivity contribution in [3.63, 3.8) is 0 Å². The third-order valence-electron chi connectivity index (χ3n) is 7.62. The van der Waals surface area contributed by atoms with Crippen LogP contribution in [0, 0.1) is 6.92 Å². The maximum Gasteiger partial charge on any atom is 0.259 e. The van der Waals surface area contributed by atoms with Gasteiger partial charge in [-0.25, -0.2) is 4.98 Å². The quantitative estimate of drug-likeness (QED) is 0.188. The van der Waals surface area contributed by atoms with Gasteiger partial charge in [0.05, 0.1) is 11.3 Å². The Labute approximate surface area is 258 Å². The average molecular weight is 598 g/mol. The topological polar surface area (TPSA) is 99.0 Å². The van der Waals surface area contributed by atoms with Gasteiger partial charge in [-0.15, -0.1) is 0 Å². The molecule has 216 valence electrons. The molecule has 3 N–H and O–H groups in total. The minimum absolute atomic E-state index is 0.0633. The van der Waals surface area contributed by atoms with Gasteiger partial charge in [0.15, 0.2) is 0 Å². The number of nitrogens with one attached hydrogen (secondary N) is 2. The number of fused-ring (bicyclic) bond motifs is 3. The standard InChI is InChI=1S/C35H27N5O3S/c1-21-6-5-19-40-32(21)38-31(22-11-16-26(41)17-12-22)33(40)36-24-13-9-23(10-14-24)34(42)37-25-15-18-28-30(20-25)44-29-8-4-3-7-27(29)35(43)39(28)2/h3-20,36,41H,1-2H3,(H,37,42). The van der Waals surface area contributed by atoms with Crippen LogP contribution < -0.4 is 15.5 Å². The van der Waals surface area contributed by atoms with Crippen LogP contribution in [0.2, 0.25) is 0 Å². The normalized spacial score (nSPS) is 12.4. The van der Waals surface area contributed by atoms with Crippen molar-refractivity contribution in [1.82, 2.24) is 9.38 Å². The van der Waals surface area contributed by atoms with Gasteiger partial charge >= 0.3 is 0 Å². The SMILES string of the molecule is Cc1cccn2c(Nc3ccc(C(=O)Nc4ccc5c(c4)Sc4ccccc4C(=O)N5C)cc3)c(-c3ccc(O)cc3)nc12. The van der Waals surface area contributed by atoms with E-state index in [0.29, 0.717) is 16.8 Å². The lowest BCUT2D eigenvalue weighted by molar-refractivity contribution is 0.0988. The van der Waals surface area contributed by atoms with Crippen molar-refractivity contribution in [2.24, 2.45) is 0 Å². The summed E-state index contributed by atoms with van der Waals surface area (Å²) in [6.07, 6.45) is 1.95. The minimum atomic E-state index is -0.241. The molecule has 1 aliphatic heterocycles. The first-order chi connectivity index (χ1) is 21.4. The molecule has 2 aromatic heterocycles. The number of aromatic hydroxyl groups is 1. The Morgan fingerprint density at radius 3 is 2.41 bits per heavy atom. The summed E-state index contributed by atoms with van der Waals surface area (Å²) in [6.45, 7) is 2.01. The maximum atomic E-state index is 13.2. The second kappa shape index (κ2) is 10.9. The Hall–Kier alpha value is -5.54. The number of hydrogen-bond donors (Lipinski definition) is 3. The number of anilines is 4. The third kappa shape index (κ3) is 4.93. The fourth-order valence-electron chi connectivity index (χ4n) is 5.28. The number of aryl methyl sites for hydroxylation is 1. The third-order valence-corrected chi connectivity index (χ3v) is 8.74. The molecule has 0 fully saturated rings. The summed E-state index contributed by atoms with van der Waals surface area (Å²) in [5.41, 5.74) is 6.85. The zero-order valence-corrected chi connectivity index (χ0v) is 24.7. The Kier molecular flexibility index (Phi) is 6.79. The number of amides is 2. The molecule has 8 nitrogen and oxygen atoms in total. The van der Waals surface area contributed by atoms with E-state index in [4.69, 9.17) is 4.98 Å². The molecule has 0 bridgehead atoms. The lowest BCUT2D eigenvalue weighted by Crippen LogP contribution is -2.26. The molecule has 0 spiro atoms. The highest BCUT2D eigenvalue weighted by Crippen LogP contribution is 2.42. The van der Waals surface area contributed by atoms with Gasteiger partial charge in [-0.3, -0.25) is 14.0 Å². The van der Waals surface area contributed by atoms with Gasteiger partial charge in [0.1, 0.15) is 22.9 Å². The molecule has 0 atom stereocenters. The van der Waals surface area contributed by atoms with Crippen molar-refractivity contribution < 1.29 is 14.7 Å². The van der Waals surface area contributed by atoms with E-state index in [9.17, 15) is 14.7 Å². The first-order valence-electron chi connectivity index (χ1n) is 14.0. The molecule has 2 amide bonds. The van der Waals surface area contributed by atoms with Gasteiger partial charge in [0.2, 0.25) is 0 Å². The van der Waals surface area contributed by atoms with Crippen molar-refractivity contribution in [2.75, 3.05) is 22.6 Å². The zero-order valence-electron chi connectivity index (χ0n) is 23.9. The van der Waals surface area contributed by atoms with Crippen LogP contribution in [0.15, 0.2) is 119 Å². The summed E-state index contributed by atoms with van der Waals surface area (Å²) in [4.78, 5) is 34.5. The molecule has 6 aromatic rings. The van der Waals surface area contributed by atoms with E-state index in [0.717, 1.165) is 49.5 Å². The predicted molar refractivity (Wildman–Crippen MR) is 174 cm³/mol. The molecule has 0 unspecified atom stereocenters. The number of carbonyl (C=O) groups is 2. The fourth-order valence-corrected chi connectivity index (χ4v) is 6.42. The molecule has 3 heterocycles. The molecular weight excluding hydrogens is 570 g/mol. The van der Waals surface area contributed by atoms with Crippen molar-refractivity contribution in [3.05, 3.63) is 126 Å². The zero-order chi connectivity index (χ0) is 30.4. The molecule has 44 heavy (non-hydrogen) atoms. The second-order valence-electron chi connectivity index (χ2n) is 10.5. The first kappa shape index (κ1) is 27.3. The first-order valence-corrected chi connectivity index (χ1v) is 14.8. The lowest BCUT2D eigenvalue weighted by Gasteiger charge is -2.18. The number of carbonyl (C=O) groups excluding carboxylic acids is 2. The van der Waals surface area contributed by atoms with E-state index >= 15 is 0 Å². The van der Waals surface area contributed by atoms with Crippen LogP contribution in [0.25, 0.3) is 16.9 Å². The van der Waals surface area contributed by atoms with Crippen LogP contribution in [-0.2, 0) is 0 Å². The van der Waals surface area contributed by atoms with Crippen LogP contribution in [0.4, 0.5) is 22.9 Å². The highest BCUT2D eigenvalue weighted by molar-refractivity contribution is 7.99. The van der Waals surface area contributed by atoms with E-state index in [2.05, 4.69) is 10.6 Å². The molecule has 0 radical (unpaired) electrons. The van der Waals surface area contributed by atoms with Gasteiger partial charge in [0.25, 0.3) is 11.8 Å². The van der Waals surface area contributed by atoms with Crippen molar-refractivity contribution >= 4 is 52.1 Å². The molecule has 7 rings (SSSR count). The highest BCUT2D eigenvalue weighted by atomic mass is 32.2. The summed E-state index contributed by atoms with van der Waals surface area (Å²) >= 11 is 1.51. The number of phenols is 1. The summed E-state index contributed by atoms with van der Waals surface area (Å²) < 4.78 is 2.00. The number of imidazole rings is 1. The van der Waals surface area contributed by atoms with Gasteiger partial charge in [0, 0.05) is 45.5 Å². The molecule has 0 saturated carbocycles. The fraction of sp³-hybridized carbons (Fsp3) is 0.0571. The van der Waals surface area contributed by atoms with Crippen LogP contribution in [0.5, 0.6) is 5.75 Å². The summed E-state index contributed by atoms with van der Waals surface area (Å²) in [6, 6.07) is 31.3. The Morgan fingerprint density at radius 2 is 1.61 bits per heavy atom. The molecule has 0 saturated heterocycles. The molecular formula is C35H27N5O3S. The van der Waals surface area contributed by atoms with Crippen molar-refractivity contribution in [1.29, 1.82) is 0 Å². The lowest BCUT2D eigenvalue weighted by atomic mass is 10.1. The van der Waals surface area contributed by atoms with Gasteiger partial charge < -0.3 is 20.6 Å². The predicted octanol–water partition coefficient (Wildman–Crippen LogP) is 7.75. The van der Waals surface area contributed by atoms with Crippen LogP contribution in [0.1, 0.15) is 26.3 Å². The Balaban J connectivity index is 1.13. The highest BCUT2D eigenvalue weighted by Gasteiger charge is 2.25. The number of hydrogen-bond acceptors (Lipinski definition) is 6. The van der Waals surface area contributed by atoms with E-state index < -0.39 is 0 Å². The molecule has 4 aromatic carbocycles. The summed E-state index contributed by atoms with van der Waals surface area (Å²) in [5.74, 6) is 0.662. The van der Waals surface area contributed by atoms with Crippen LogP contribution in [-0.4, -0.2) is 33.4 Å². The number of rotatable bonds is 5. The molecule has 1 aliphatic rings. The average Bonchev–Trinajstić information content (AvgIpc) is 3.36. The summed E-state index contributed by atoms with van der Waals surface area (Å²) in [7, 11) is 1.76. The molecule has 0 aliphatic carbocycles.